The van der Waals surface area contributed by atoms with Crippen molar-refractivity contribution >= 4 is 5.97 Å². The second-order valence-electron chi connectivity index (χ2n) is 5.78. The van der Waals surface area contributed by atoms with Gasteiger partial charge in [-0.2, -0.15) is 4.98 Å². The molecule has 0 spiro atoms. The molecule has 1 aromatic heterocycles. The van der Waals surface area contributed by atoms with E-state index in [1.165, 1.54) is 0 Å². The third kappa shape index (κ3) is 4.30. The van der Waals surface area contributed by atoms with Gasteiger partial charge in [-0.05, 0) is 45.7 Å². The Morgan fingerprint density at radius 3 is 2.75 bits per heavy atom. The Morgan fingerprint density at radius 2 is 2.15 bits per heavy atom. The molecule has 0 aliphatic carbocycles. The lowest BCUT2D eigenvalue weighted by Gasteiger charge is -2.34. The summed E-state index contributed by atoms with van der Waals surface area (Å²) in [5, 5.41) is 12.6. The van der Waals surface area contributed by atoms with Crippen LogP contribution in [0.25, 0.3) is 0 Å². The summed E-state index contributed by atoms with van der Waals surface area (Å²) in [5.74, 6) is 0.913. The van der Waals surface area contributed by atoms with E-state index < -0.39 is 5.97 Å². The maximum Gasteiger partial charge on any atom is 0.303 e. The summed E-state index contributed by atoms with van der Waals surface area (Å²) in [6.45, 7) is 6.72. The van der Waals surface area contributed by atoms with Crippen LogP contribution in [0.15, 0.2) is 4.52 Å². The first-order valence-electron chi connectivity index (χ1n) is 7.32. The van der Waals surface area contributed by atoms with Crippen molar-refractivity contribution in [2.24, 2.45) is 5.92 Å². The highest BCUT2D eigenvalue weighted by Gasteiger charge is 2.22. The predicted molar refractivity (Wildman–Crippen MR) is 73.4 cm³/mol. The molecule has 0 aromatic carbocycles. The Balaban J connectivity index is 1.78. The number of carboxylic acids is 1. The summed E-state index contributed by atoms with van der Waals surface area (Å²) in [6, 6.07) is 0.615. The molecule has 0 amide bonds. The summed E-state index contributed by atoms with van der Waals surface area (Å²) < 4.78 is 5.08. The summed E-state index contributed by atoms with van der Waals surface area (Å²) in [6.07, 6.45) is 3.51. The Morgan fingerprint density at radius 1 is 1.45 bits per heavy atom. The minimum Gasteiger partial charge on any atom is -0.481 e. The lowest BCUT2D eigenvalue weighted by molar-refractivity contribution is -0.137. The molecule has 1 aromatic rings. The van der Waals surface area contributed by atoms with E-state index in [-0.39, 0.29) is 6.42 Å². The number of carboxylic acid groups (broad SMARTS) is 1. The number of aromatic nitrogens is 2. The molecule has 20 heavy (non-hydrogen) atoms. The zero-order valence-electron chi connectivity index (χ0n) is 12.2. The first-order chi connectivity index (χ1) is 9.54. The summed E-state index contributed by atoms with van der Waals surface area (Å²) in [7, 11) is 0. The first kappa shape index (κ1) is 15.0. The largest absolute Gasteiger partial charge is 0.481 e. The summed E-state index contributed by atoms with van der Waals surface area (Å²) in [4.78, 5) is 17.3. The zero-order valence-corrected chi connectivity index (χ0v) is 12.2. The number of likely N-dealkylation sites (tertiary alicyclic amines) is 1. The van der Waals surface area contributed by atoms with Gasteiger partial charge in [-0.1, -0.05) is 5.16 Å². The van der Waals surface area contributed by atoms with E-state index in [0.29, 0.717) is 30.1 Å². The van der Waals surface area contributed by atoms with E-state index in [1.54, 1.807) is 0 Å². The Labute approximate surface area is 119 Å². The summed E-state index contributed by atoms with van der Waals surface area (Å²) >= 11 is 0. The van der Waals surface area contributed by atoms with Gasteiger partial charge in [-0.15, -0.1) is 0 Å². The molecule has 0 saturated carbocycles. The molecule has 0 radical (unpaired) electrons. The van der Waals surface area contributed by atoms with E-state index in [4.69, 9.17) is 9.63 Å². The molecule has 112 valence electrons. The highest BCUT2D eigenvalue weighted by molar-refractivity contribution is 5.66. The molecule has 0 unspecified atom stereocenters. The Bertz CT molecular complexity index is 437. The standard InChI is InChI=1S/C14H23N3O3/c1-10(2)17-7-5-11(6-8-17)9-12-15-13(20-16-12)3-4-14(18)19/h10-11H,3-9H2,1-2H3,(H,18,19). The van der Waals surface area contributed by atoms with Gasteiger partial charge in [0.1, 0.15) is 0 Å². The highest BCUT2D eigenvalue weighted by atomic mass is 16.5. The van der Waals surface area contributed by atoms with Crippen LogP contribution in [0.3, 0.4) is 0 Å². The lowest BCUT2D eigenvalue weighted by Crippen LogP contribution is -2.38. The lowest BCUT2D eigenvalue weighted by atomic mass is 9.93. The van der Waals surface area contributed by atoms with Crippen molar-refractivity contribution in [3.05, 3.63) is 11.7 Å². The number of hydrogen-bond acceptors (Lipinski definition) is 5. The van der Waals surface area contributed by atoms with Gasteiger partial charge < -0.3 is 14.5 Å². The minimum atomic E-state index is -0.842. The predicted octanol–water partition coefficient (Wildman–Crippen LogP) is 1.75. The van der Waals surface area contributed by atoms with Gasteiger partial charge in [0, 0.05) is 18.9 Å². The van der Waals surface area contributed by atoms with Crippen molar-refractivity contribution in [2.45, 2.75) is 52.0 Å². The fourth-order valence-electron chi connectivity index (χ4n) is 2.62. The van der Waals surface area contributed by atoms with E-state index in [2.05, 4.69) is 28.9 Å². The van der Waals surface area contributed by atoms with Crippen molar-refractivity contribution in [1.82, 2.24) is 15.0 Å². The van der Waals surface area contributed by atoms with Crippen LogP contribution in [-0.4, -0.2) is 45.2 Å². The average Bonchev–Trinajstić information content (AvgIpc) is 2.84. The molecule has 0 atom stereocenters. The molecule has 6 nitrogen and oxygen atoms in total. The average molecular weight is 281 g/mol. The Kier molecular flexibility index (Phi) is 5.11. The molecular formula is C14H23N3O3. The van der Waals surface area contributed by atoms with E-state index in [0.717, 1.165) is 32.4 Å². The molecule has 0 bridgehead atoms. The van der Waals surface area contributed by atoms with Crippen LogP contribution in [0.4, 0.5) is 0 Å². The van der Waals surface area contributed by atoms with Gasteiger partial charge in [-0.3, -0.25) is 4.79 Å². The number of aliphatic carboxylic acids is 1. The van der Waals surface area contributed by atoms with E-state index >= 15 is 0 Å². The number of carbonyl (C=O) groups is 1. The van der Waals surface area contributed by atoms with Crippen molar-refractivity contribution in [2.75, 3.05) is 13.1 Å². The highest BCUT2D eigenvalue weighted by Crippen LogP contribution is 2.21. The molecule has 6 heteroatoms. The monoisotopic (exact) mass is 281 g/mol. The number of nitrogens with zero attached hydrogens (tertiary/aromatic N) is 3. The summed E-state index contributed by atoms with van der Waals surface area (Å²) in [5.41, 5.74) is 0. The normalized spacial score (nSPS) is 17.8. The molecule has 1 aliphatic rings. The van der Waals surface area contributed by atoms with Crippen LogP contribution in [0.2, 0.25) is 0 Å². The van der Waals surface area contributed by atoms with Crippen LogP contribution in [-0.2, 0) is 17.6 Å². The van der Waals surface area contributed by atoms with Crippen LogP contribution in [0.1, 0.15) is 44.8 Å². The van der Waals surface area contributed by atoms with Crippen molar-refractivity contribution < 1.29 is 14.4 Å². The smallest absolute Gasteiger partial charge is 0.303 e. The topological polar surface area (TPSA) is 79.5 Å². The third-order valence-corrected chi connectivity index (χ3v) is 3.91. The minimum absolute atomic E-state index is 0.0361. The van der Waals surface area contributed by atoms with Gasteiger partial charge in [0.2, 0.25) is 5.89 Å². The van der Waals surface area contributed by atoms with Gasteiger partial charge in [0.05, 0.1) is 6.42 Å². The SMILES string of the molecule is CC(C)N1CCC(Cc2noc(CCC(=O)O)n2)CC1. The fourth-order valence-corrected chi connectivity index (χ4v) is 2.62. The second kappa shape index (κ2) is 6.83. The number of hydrogen-bond donors (Lipinski definition) is 1. The van der Waals surface area contributed by atoms with Gasteiger partial charge in [0.15, 0.2) is 5.82 Å². The maximum atomic E-state index is 10.5. The molecule has 1 saturated heterocycles. The van der Waals surface area contributed by atoms with Crippen LogP contribution < -0.4 is 0 Å². The third-order valence-electron chi connectivity index (χ3n) is 3.91. The molecule has 2 rings (SSSR count). The molecule has 1 aliphatic heterocycles. The van der Waals surface area contributed by atoms with Crippen LogP contribution in [0.5, 0.6) is 0 Å². The first-order valence-corrected chi connectivity index (χ1v) is 7.32. The maximum absolute atomic E-state index is 10.5. The van der Waals surface area contributed by atoms with Gasteiger partial charge >= 0.3 is 5.97 Å². The molecule has 2 heterocycles. The van der Waals surface area contributed by atoms with Crippen molar-refractivity contribution in [3.8, 4) is 0 Å². The molecule has 1 fully saturated rings. The van der Waals surface area contributed by atoms with Crippen molar-refractivity contribution in [3.63, 3.8) is 0 Å². The zero-order chi connectivity index (χ0) is 14.5. The van der Waals surface area contributed by atoms with Crippen molar-refractivity contribution in [1.29, 1.82) is 0 Å². The number of aryl methyl sites for hydroxylation is 1. The van der Waals surface area contributed by atoms with E-state index in [1.807, 2.05) is 0 Å². The second-order valence-corrected chi connectivity index (χ2v) is 5.78. The van der Waals surface area contributed by atoms with Gasteiger partial charge in [0.25, 0.3) is 0 Å². The van der Waals surface area contributed by atoms with Crippen LogP contribution in [0, 0.1) is 5.92 Å². The van der Waals surface area contributed by atoms with Crippen LogP contribution >= 0.6 is 0 Å². The molecular weight excluding hydrogens is 258 g/mol. The molecule has 1 N–H and O–H groups in total. The van der Waals surface area contributed by atoms with E-state index in [9.17, 15) is 4.79 Å². The number of piperidine rings is 1. The van der Waals surface area contributed by atoms with Gasteiger partial charge in [-0.25, -0.2) is 0 Å². The Hall–Kier alpha value is -1.43. The number of rotatable bonds is 6. The fraction of sp³-hybridized carbons (Fsp3) is 0.786. The quantitative estimate of drug-likeness (QED) is 0.855.